The molecule has 4 amide bonds. The van der Waals surface area contributed by atoms with Crippen molar-refractivity contribution in [2.45, 2.75) is 50.2 Å². The zero-order valence-electron chi connectivity index (χ0n) is 17.3. The number of hydrogen-bond acceptors (Lipinski definition) is 3. The van der Waals surface area contributed by atoms with Gasteiger partial charge in [-0.1, -0.05) is 54.2 Å². The van der Waals surface area contributed by atoms with Crippen molar-refractivity contribution in [3.63, 3.8) is 0 Å². The van der Waals surface area contributed by atoms with Crippen LogP contribution in [0.1, 0.15) is 32.1 Å². The molecule has 2 aliphatic rings. The van der Waals surface area contributed by atoms with Crippen LogP contribution in [-0.2, 0) is 9.59 Å². The number of para-hydroxylation sites is 1. The minimum Gasteiger partial charge on any atom is -0.349 e. The van der Waals surface area contributed by atoms with Crippen LogP contribution in [-0.4, -0.2) is 40.9 Å². The first kappa shape index (κ1) is 22.4. The van der Waals surface area contributed by atoms with E-state index in [-0.39, 0.29) is 30.4 Å². The molecule has 2 fully saturated rings. The Balaban J connectivity index is 1.54. The minimum absolute atomic E-state index is 0.108. The summed E-state index contributed by atoms with van der Waals surface area (Å²) >= 11 is 12.0. The topological polar surface area (TPSA) is 90.5 Å². The van der Waals surface area contributed by atoms with Crippen molar-refractivity contribution in [1.82, 2.24) is 10.2 Å². The van der Waals surface area contributed by atoms with Crippen molar-refractivity contribution >= 4 is 52.4 Å². The van der Waals surface area contributed by atoms with Crippen LogP contribution in [0.2, 0.25) is 10.0 Å². The summed E-state index contributed by atoms with van der Waals surface area (Å²) in [4.78, 5) is 40.6. The second-order valence-electron chi connectivity index (χ2n) is 8.10. The Bertz CT molecular complexity index is 997. The maximum absolute atomic E-state index is 13.3. The molecule has 1 saturated carbocycles. The first-order valence-electron chi connectivity index (χ1n) is 10.6. The second kappa shape index (κ2) is 9.79. The first-order chi connectivity index (χ1) is 15.4. The predicted octanol–water partition coefficient (Wildman–Crippen LogP) is 4.67. The van der Waals surface area contributed by atoms with E-state index in [1.165, 1.54) is 0 Å². The predicted molar refractivity (Wildman–Crippen MR) is 125 cm³/mol. The number of fused-ring (bicyclic) bond motifs is 1. The third-order valence-corrected chi connectivity index (χ3v) is 6.27. The Hall–Kier alpha value is -2.77. The third-order valence-electron chi connectivity index (χ3n) is 5.84. The van der Waals surface area contributed by atoms with Crippen LogP contribution < -0.4 is 16.0 Å². The lowest BCUT2D eigenvalue weighted by molar-refractivity contribution is -0.135. The lowest BCUT2D eigenvalue weighted by Crippen LogP contribution is -2.68. The van der Waals surface area contributed by atoms with Gasteiger partial charge in [0, 0.05) is 27.5 Å². The maximum Gasteiger partial charge on any atom is 0.322 e. The number of amides is 4. The lowest BCUT2D eigenvalue weighted by atomic mass is 9.85. The molecule has 1 saturated heterocycles. The highest BCUT2D eigenvalue weighted by molar-refractivity contribution is 6.35. The number of hydrogen-bond donors (Lipinski definition) is 3. The molecular weight excluding hydrogens is 451 g/mol. The van der Waals surface area contributed by atoms with Crippen LogP contribution in [0, 0.1) is 0 Å². The van der Waals surface area contributed by atoms with Gasteiger partial charge in [0.25, 0.3) is 0 Å². The van der Waals surface area contributed by atoms with Gasteiger partial charge in [-0.2, -0.15) is 0 Å². The van der Waals surface area contributed by atoms with E-state index in [1.807, 2.05) is 18.2 Å². The van der Waals surface area contributed by atoms with Crippen molar-refractivity contribution in [1.29, 1.82) is 0 Å². The fourth-order valence-corrected chi connectivity index (χ4v) is 4.98. The molecule has 2 aromatic carbocycles. The van der Waals surface area contributed by atoms with Gasteiger partial charge in [0.05, 0.1) is 12.5 Å². The maximum atomic E-state index is 13.3. The Kier molecular flexibility index (Phi) is 6.86. The average molecular weight is 475 g/mol. The van der Waals surface area contributed by atoms with E-state index in [2.05, 4.69) is 16.0 Å². The molecule has 0 radical (unpaired) electrons. The Morgan fingerprint density at radius 2 is 1.66 bits per heavy atom. The smallest absolute Gasteiger partial charge is 0.322 e. The summed E-state index contributed by atoms with van der Waals surface area (Å²) in [6, 6.07) is 12.2. The van der Waals surface area contributed by atoms with E-state index >= 15 is 0 Å². The number of benzene rings is 2. The molecule has 0 bridgehead atoms. The number of nitrogens with zero attached hydrogens (tertiary/aromatic N) is 1. The van der Waals surface area contributed by atoms with E-state index < -0.39 is 11.9 Å². The molecule has 0 aromatic heterocycles. The molecule has 0 unspecified atom stereocenters. The highest BCUT2D eigenvalue weighted by atomic mass is 35.5. The molecular formula is C23H24Cl2N4O3. The molecule has 1 aliphatic carbocycles. The van der Waals surface area contributed by atoms with Gasteiger partial charge >= 0.3 is 6.03 Å². The van der Waals surface area contributed by atoms with Gasteiger partial charge in [0.15, 0.2) is 0 Å². The largest absolute Gasteiger partial charge is 0.349 e. The fraction of sp³-hybridized carbons (Fsp3) is 0.348. The van der Waals surface area contributed by atoms with Gasteiger partial charge in [-0.15, -0.1) is 0 Å². The van der Waals surface area contributed by atoms with Crippen LogP contribution >= 0.6 is 23.2 Å². The Labute approximate surface area is 196 Å². The molecule has 3 atom stereocenters. The van der Waals surface area contributed by atoms with Gasteiger partial charge < -0.3 is 20.9 Å². The summed E-state index contributed by atoms with van der Waals surface area (Å²) in [6.07, 6.45) is 3.37. The van der Waals surface area contributed by atoms with Crippen molar-refractivity contribution in [2.75, 3.05) is 10.6 Å². The van der Waals surface area contributed by atoms with E-state index in [4.69, 9.17) is 23.2 Å². The molecule has 1 heterocycles. The molecule has 7 nitrogen and oxygen atoms in total. The summed E-state index contributed by atoms with van der Waals surface area (Å²) in [5.41, 5.74) is 1.06. The number of carbonyl (C=O) groups is 3. The van der Waals surface area contributed by atoms with Gasteiger partial charge in [-0.25, -0.2) is 4.79 Å². The SMILES string of the molecule is O=C(C[C@@H]1C(=O)N[C@H]2CCCC[C@@H]2N1C(=O)Nc1ccccc1)Nc1cc(Cl)cc(Cl)c1. The van der Waals surface area contributed by atoms with Crippen molar-refractivity contribution < 1.29 is 14.4 Å². The Morgan fingerprint density at radius 3 is 2.38 bits per heavy atom. The summed E-state index contributed by atoms with van der Waals surface area (Å²) in [6.45, 7) is 0. The number of carbonyl (C=O) groups excluding carboxylic acids is 3. The lowest BCUT2D eigenvalue weighted by Gasteiger charge is -2.47. The molecule has 2 aromatic rings. The van der Waals surface area contributed by atoms with Crippen LogP contribution in [0.5, 0.6) is 0 Å². The summed E-state index contributed by atoms with van der Waals surface area (Å²) in [7, 11) is 0. The average Bonchev–Trinajstić information content (AvgIpc) is 2.74. The number of rotatable bonds is 4. The normalized spacial score (nSPS) is 22.5. The van der Waals surface area contributed by atoms with E-state index in [0.717, 1.165) is 25.7 Å². The van der Waals surface area contributed by atoms with Gasteiger partial charge in [-0.05, 0) is 43.2 Å². The number of halogens is 2. The number of piperazine rings is 1. The van der Waals surface area contributed by atoms with Crippen molar-refractivity contribution in [2.24, 2.45) is 0 Å². The summed E-state index contributed by atoms with van der Waals surface area (Å²) in [5, 5.41) is 9.39. The quantitative estimate of drug-likeness (QED) is 0.601. The van der Waals surface area contributed by atoms with Gasteiger partial charge in [0.2, 0.25) is 11.8 Å². The number of anilines is 2. The monoisotopic (exact) mass is 474 g/mol. The zero-order valence-corrected chi connectivity index (χ0v) is 18.8. The van der Waals surface area contributed by atoms with Crippen LogP contribution in [0.25, 0.3) is 0 Å². The summed E-state index contributed by atoms with van der Waals surface area (Å²) in [5.74, 6) is -0.731. The van der Waals surface area contributed by atoms with Crippen molar-refractivity contribution in [3.8, 4) is 0 Å². The second-order valence-corrected chi connectivity index (χ2v) is 8.97. The molecule has 168 valence electrons. The molecule has 0 spiro atoms. The molecule has 32 heavy (non-hydrogen) atoms. The van der Waals surface area contributed by atoms with E-state index in [9.17, 15) is 14.4 Å². The molecule has 9 heteroatoms. The minimum atomic E-state index is -0.923. The van der Waals surface area contributed by atoms with Crippen LogP contribution in [0.15, 0.2) is 48.5 Å². The van der Waals surface area contributed by atoms with Crippen LogP contribution in [0.4, 0.5) is 16.2 Å². The fourth-order valence-electron chi connectivity index (χ4n) is 4.46. The van der Waals surface area contributed by atoms with Crippen molar-refractivity contribution in [3.05, 3.63) is 58.6 Å². The summed E-state index contributed by atoms with van der Waals surface area (Å²) < 4.78 is 0. The molecule has 1 aliphatic heterocycles. The highest BCUT2D eigenvalue weighted by Gasteiger charge is 2.46. The molecule has 4 rings (SSSR count). The number of nitrogens with one attached hydrogen (secondary N) is 3. The third kappa shape index (κ3) is 5.16. The standard InChI is InChI=1S/C23H24Cl2N4O3/c24-14-10-15(25)12-17(11-14)26-21(30)13-20-22(31)28-18-8-4-5-9-19(18)29(20)23(32)27-16-6-2-1-3-7-16/h1-3,6-7,10-12,18-20H,4-5,8-9,13H2,(H,26,30)(H,27,32)(H,28,31)/t18-,19-,20+/m0/s1. The van der Waals surface area contributed by atoms with Gasteiger partial charge in [0.1, 0.15) is 6.04 Å². The number of urea groups is 1. The van der Waals surface area contributed by atoms with Crippen LogP contribution in [0.3, 0.4) is 0 Å². The molecule has 3 N–H and O–H groups in total. The van der Waals surface area contributed by atoms with Gasteiger partial charge in [-0.3, -0.25) is 9.59 Å². The van der Waals surface area contributed by atoms with E-state index in [1.54, 1.807) is 35.2 Å². The first-order valence-corrected chi connectivity index (χ1v) is 11.4. The zero-order chi connectivity index (χ0) is 22.7. The highest BCUT2D eigenvalue weighted by Crippen LogP contribution is 2.30. The van der Waals surface area contributed by atoms with E-state index in [0.29, 0.717) is 21.4 Å². The Morgan fingerprint density at radius 1 is 0.969 bits per heavy atom.